The number of nitrogens with one attached hydrogen (secondary N) is 1. The quantitative estimate of drug-likeness (QED) is 0.659. The minimum absolute atomic E-state index is 0.765. The number of fused-ring (bicyclic) bond motifs is 3. The second kappa shape index (κ2) is 3.95. The lowest BCUT2D eigenvalue weighted by Gasteiger charge is -2.04. The molecule has 0 fully saturated rings. The van der Waals surface area contributed by atoms with E-state index in [2.05, 4.69) is 33.0 Å². The Bertz CT molecular complexity index is 786. The van der Waals surface area contributed by atoms with Crippen LogP contribution >= 0.6 is 15.9 Å². The van der Waals surface area contributed by atoms with E-state index in [4.69, 9.17) is 0 Å². The second-order valence-electron chi connectivity index (χ2n) is 4.59. The lowest BCUT2D eigenvalue weighted by molar-refractivity contribution is 0.112. The van der Waals surface area contributed by atoms with Gasteiger partial charge in [0, 0.05) is 31.8 Å². The van der Waals surface area contributed by atoms with E-state index in [0.29, 0.717) is 0 Å². The Kier molecular flexibility index (Phi) is 2.52. The summed E-state index contributed by atoms with van der Waals surface area (Å²) in [4.78, 5) is 14.6. The van der Waals surface area contributed by atoms with Gasteiger partial charge in [-0.3, -0.25) is 4.79 Å². The molecule has 0 unspecified atom stereocenters. The number of hydrogen-bond acceptors (Lipinski definition) is 1. The van der Waals surface area contributed by atoms with E-state index in [1.54, 1.807) is 0 Å². The molecule has 1 aromatic heterocycles. The topological polar surface area (TPSA) is 32.9 Å². The van der Waals surface area contributed by atoms with Gasteiger partial charge in [0.25, 0.3) is 0 Å². The number of carbonyl (C=O) groups excluding carboxylic acids is 1. The fourth-order valence-electron chi connectivity index (χ4n) is 2.53. The summed E-state index contributed by atoms with van der Waals surface area (Å²) in [5.41, 5.74) is 5.12. The Morgan fingerprint density at radius 3 is 2.72 bits per heavy atom. The molecule has 0 aliphatic heterocycles. The van der Waals surface area contributed by atoms with E-state index < -0.39 is 0 Å². The van der Waals surface area contributed by atoms with Gasteiger partial charge in [-0.2, -0.15) is 0 Å². The van der Waals surface area contributed by atoms with Gasteiger partial charge in [-0.05, 0) is 49.2 Å². The average Bonchev–Trinajstić information content (AvgIpc) is 2.73. The van der Waals surface area contributed by atoms with E-state index >= 15 is 0 Å². The summed E-state index contributed by atoms with van der Waals surface area (Å²) in [6, 6.07) is 8.10. The van der Waals surface area contributed by atoms with Gasteiger partial charge in [0.2, 0.25) is 0 Å². The number of aldehydes is 1. The molecular formula is C15H12BrNO. The van der Waals surface area contributed by atoms with Crippen LogP contribution in [-0.4, -0.2) is 11.3 Å². The third-order valence-electron chi connectivity index (χ3n) is 3.46. The van der Waals surface area contributed by atoms with Crippen LogP contribution in [-0.2, 0) is 0 Å². The third kappa shape index (κ3) is 1.51. The van der Waals surface area contributed by atoms with Gasteiger partial charge in [0.05, 0.1) is 0 Å². The first-order valence-corrected chi connectivity index (χ1v) is 6.57. The van der Waals surface area contributed by atoms with E-state index in [-0.39, 0.29) is 0 Å². The summed E-state index contributed by atoms with van der Waals surface area (Å²) in [6.07, 6.45) is 0.929. The number of rotatable bonds is 1. The van der Waals surface area contributed by atoms with Crippen LogP contribution in [0.25, 0.3) is 21.8 Å². The number of aryl methyl sites for hydroxylation is 2. The Morgan fingerprint density at radius 2 is 2.00 bits per heavy atom. The third-order valence-corrected chi connectivity index (χ3v) is 3.96. The molecule has 2 nitrogen and oxygen atoms in total. The van der Waals surface area contributed by atoms with Crippen molar-refractivity contribution in [2.75, 3.05) is 0 Å². The van der Waals surface area contributed by atoms with Crippen molar-refractivity contribution in [3.05, 3.63) is 45.4 Å². The second-order valence-corrected chi connectivity index (χ2v) is 5.51. The predicted octanol–water partition coefficient (Wildman–Crippen LogP) is 4.51. The fraction of sp³-hybridized carbons (Fsp3) is 0.133. The average molecular weight is 302 g/mol. The van der Waals surface area contributed by atoms with Gasteiger partial charge in [-0.15, -0.1) is 0 Å². The van der Waals surface area contributed by atoms with Crippen LogP contribution in [0.3, 0.4) is 0 Å². The van der Waals surface area contributed by atoms with Gasteiger partial charge < -0.3 is 4.98 Å². The molecule has 0 saturated carbocycles. The smallest absolute Gasteiger partial charge is 0.150 e. The molecule has 90 valence electrons. The SMILES string of the molecule is Cc1cc(C=O)c(C)c2c1[nH]c1ccc(Br)cc12. The lowest BCUT2D eigenvalue weighted by atomic mass is 9.99. The van der Waals surface area contributed by atoms with Crippen LogP contribution in [0.5, 0.6) is 0 Å². The van der Waals surface area contributed by atoms with Crippen molar-refractivity contribution >= 4 is 44.0 Å². The van der Waals surface area contributed by atoms with Crippen molar-refractivity contribution in [1.82, 2.24) is 4.98 Å². The molecule has 0 bridgehead atoms. The van der Waals surface area contributed by atoms with Crippen molar-refractivity contribution in [2.24, 2.45) is 0 Å². The van der Waals surface area contributed by atoms with E-state index in [9.17, 15) is 4.79 Å². The summed E-state index contributed by atoms with van der Waals surface area (Å²) in [6.45, 7) is 4.03. The molecular weight excluding hydrogens is 290 g/mol. The first kappa shape index (κ1) is 11.5. The molecule has 3 heteroatoms. The van der Waals surface area contributed by atoms with Crippen LogP contribution in [0.1, 0.15) is 21.5 Å². The molecule has 18 heavy (non-hydrogen) atoms. The van der Waals surface area contributed by atoms with E-state index in [1.165, 1.54) is 0 Å². The number of aromatic amines is 1. The highest BCUT2D eigenvalue weighted by atomic mass is 79.9. The fourth-order valence-corrected chi connectivity index (χ4v) is 2.89. The van der Waals surface area contributed by atoms with Crippen molar-refractivity contribution in [3.63, 3.8) is 0 Å². The Morgan fingerprint density at radius 1 is 1.22 bits per heavy atom. The molecule has 0 saturated heterocycles. The maximum absolute atomic E-state index is 11.1. The maximum atomic E-state index is 11.1. The summed E-state index contributed by atoms with van der Waals surface area (Å²) in [5.74, 6) is 0. The predicted molar refractivity (Wildman–Crippen MR) is 78.4 cm³/mol. The minimum atomic E-state index is 0.765. The largest absolute Gasteiger partial charge is 0.354 e. The Labute approximate surface area is 113 Å². The molecule has 3 aromatic rings. The summed E-state index contributed by atoms with van der Waals surface area (Å²) < 4.78 is 1.05. The molecule has 0 spiro atoms. The number of aromatic nitrogens is 1. The first-order chi connectivity index (χ1) is 8.61. The van der Waals surface area contributed by atoms with Crippen molar-refractivity contribution in [2.45, 2.75) is 13.8 Å². The number of benzene rings is 2. The number of hydrogen-bond donors (Lipinski definition) is 1. The highest BCUT2D eigenvalue weighted by Crippen LogP contribution is 2.33. The maximum Gasteiger partial charge on any atom is 0.150 e. The normalized spacial score (nSPS) is 11.3. The molecule has 2 aromatic carbocycles. The summed E-state index contributed by atoms with van der Waals surface area (Å²) in [5, 5.41) is 2.30. The molecule has 0 aliphatic carbocycles. The van der Waals surface area contributed by atoms with Gasteiger partial charge >= 0.3 is 0 Å². The van der Waals surface area contributed by atoms with E-state index in [1.807, 2.05) is 26.0 Å². The van der Waals surface area contributed by atoms with Gasteiger partial charge in [-0.25, -0.2) is 0 Å². The molecule has 3 rings (SSSR count). The van der Waals surface area contributed by atoms with Gasteiger partial charge in [-0.1, -0.05) is 15.9 Å². The van der Waals surface area contributed by atoms with E-state index in [0.717, 1.165) is 49.3 Å². The van der Waals surface area contributed by atoms with Crippen LogP contribution in [0.2, 0.25) is 0 Å². The Hall–Kier alpha value is -1.61. The monoisotopic (exact) mass is 301 g/mol. The first-order valence-electron chi connectivity index (χ1n) is 5.78. The zero-order valence-corrected chi connectivity index (χ0v) is 11.8. The Balaban J connectivity index is 2.60. The molecule has 0 aliphatic rings. The zero-order chi connectivity index (χ0) is 12.9. The number of carbonyl (C=O) groups is 1. The summed E-state index contributed by atoms with van der Waals surface area (Å²) in [7, 11) is 0. The van der Waals surface area contributed by atoms with Crippen LogP contribution < -0.4 is 0 Å². The van der Waals surface area contributed by atoms with Crippen molar-refractivity contribution in [3.8, 4) is 0 Å². The molecule has 1 N–H and O–H groups in total. The lowest BCUT2D eigenvalue weighted by Crippen LogP contribution is -1.89. The van der Waals surface area contributed by atoms with Crippen molar-refractivity contribution < 1.29 is 4.79 Å². The summed E-state index contributed by atoms with van der Waals surface area (Å²) >= 11 is 3.50. The molecule has 0 radical (unpaired) electrons. The molecule has 0 atom stereocenters. The number of halogens is 1. The standard InChI is InChI=1S/C15H12BrNO/c1-8-5-10(7-18)9(2)14-12-6-11(16)3-4-13(12)17-15(8)14/h3-7,17H,1-2H3. The van der Waals surface area contributed by atoms with Gasteiger partial charge in [0.1, 0.15) is 6.29 Å². The highest BCUT2D eigenvalue weighted by Gasteiger charge is 2.12. The number of H-pyrrole nitrogens is 1. The molecule has 0 amide bonds. The van der Waals surface area contributed by atoms with Crippen LogP contribution in [0.15, 0.2) is 28.7 Å². The molecule has 1 heterocycles. The minimum Gasteiger partial charge on any atom is -0.354 e. The van der Waals surface area contributed by atoms with Gasteiger partial charge in [0.15, 0.2) is 0 Å². The van der Waals surface area contributed by atoms with Crippen LogP contribution in [0.4, 0.5) is 0 Å². The highest BCUT2D eigenvalue weighted by molar-refractivity contribution is 9.10. The van der Waals surface area contributed by atoms with Crippen LogP contribution in [0, 0.1) is 13.8 Å². The zero-order valence-electron chi connectivity index (χ0n) is 10.2. The van der Waals surface area contributed by atoms with Crippen molar-refractivity contribution in [1.29, 1.82) is 0 Å².